The van der Waals surface area contributed by atoms with Crippen LogP contribution in [0.5, 0.6) is 0 Å². The van der Waals surface area contributed by atoms with Gasteiger partial charge < -0.3 is 11.1 Å². The number of anilines is 1. The number of para-hydroxylation sites is 1. The second-order valence-corrected chi connectivity index (χ2v) is 4.14. The third-order valence-corrected chi connectivity index (χ3v) is 2.68. The van der Waals surface area contributed by atoms with Crippen LogP contribution in [0.4, 0.5) is 5.69 Å². The molecule has 0 aromatic heterocycles. The summed E-state index contributed by atoms with van der Waals surface area (Å²) in [6, 6.07) is 16.1. The Labute approximate surface area is 116 Å². The summed E-state index contributed by atoms with van der Waals surface area (Å²) in [6.07, 6.45) is 3.11. The first-order valence-electron chi connectivity index (χ1n) is 6.10. The van der Waals surface area contributed by atoms with Crippen molar-refractivity contribution in [2.45, 2.75) is 0 Å². The number of nitrogens with one attached hydrogen (secondary N) is 1. The molecular formula is C16H14N2O2. The number of amides is 2. The van der Waals surface area contributed by atoms with E-state index in [1.807, 2.05) is 30.3 Å². The number of nitrogens with two attached hydrogens (primary N) is 1. The van der Waals surface area contributed by atoms with Crippen molar-refractivity contribution in [2.24, 2.45) is 5.73 Å². The van der Waals surface area contributed by atoms with E-state index in [4.69, 9.17) is 5.73 Å². The summed E-state index contributed by atoms with van der Waals surface area (Å²) in [7, 11) is 0. The van der Waals surface area contributed by atoms with Crippen LogP contribution in [0.25, 0.3) is 6.08 Å². The van der Waals surface area contributed by atoms with Crippen LogP contribution >= 0.6 is 0 Å². The van der Waals surface area contributed by atoms with Gasteiger partial charge in [-0.2, -0.15) is 0 Å². The summed E-state index contributed by atoms with van der Waals surface area (Å²) >= 11 is 0. The van der Waals surface area contributed by atoms with Crippen LogP contribution in [0.1, 0.15) is 15.9 Å². The van der Waals surface area contributed by atoms with Crippen molar-refractivity contribution >= 4 is 23.6 Å². The summed E-state index contributed by atoms with van der Waals surface area (Å²) in [6.45, 7) is 0. The van der Waals surface area contributed by atoms with Gasteiger partial charge in [-0.25, -0.2) is 0 Å². The molecule has 0 radical (unpaired) electrons. The van der Waals surface area contributed by atoms with Crippen molar-refractivity contribution < 1.29 is 9.59 Å². The van der Waals surface area contributed by atoms with Crippen LogP contribution in [0.2, 0.25) is 0 Å². The summed E-state index contributed by atoms with van der Waals surface area (Å²) < 4.78 is 0. The number of carbonyl (C=O) groups is 2. The molecule has 4 heteroatoms. The van der Waals surface area contributed by atoms with Gasteiger partial charge in [0, 0.05) is 6.08 Å². The molecule has 0 spiro atoms. The van der Waals surface area contributed by atoms with Gasteiger partial charge in [-0.15, -0.1) is 0 Å². The Balaban J connectivity index is 2.09. The molecule has 2 aromatic carbocycles. The molecule has 0 atom stereocenters. The molecule has 2 amide bonds. The molecule has 0 aliphatic carbocycles. The molecule has 0 aliphatic heterocycles. The minimum atomic E-state index is -0.576. The molecular weight excluding hydrogens is 252 g/mol. The number of carbonyl (C=O) groups excluding carboxylic acids is 2. The first-order valence-corrected chi connectivity index (χ1v) is 6.10. The smallest absolute Gasteiger partial charge is 0.250 e. The fraction of sp³-hybridized carbons (Fsp3) is 0. The first-order chi connectivity index (χ1) is 9.66. The van der Waals surface area contributed by atoms with Crippen LogP contribution in [0, 0.1) is 0 Å². The minimum Gasteiger partial charge on any atom is -0.366 e. The zero-order valence-electron chi connectivity index (χ0n) is 10.7. The highest BCUT2D eigenvalue weighted by Crippen LogP contribution is 2.14. The van der Waals surface area contributed by atoms with E-state index in [2.05, 4.69) is 5.32 Å². The number of hydrogen-bond donors (Lipinski definition) is 2. The molecule has 2 rings (SSSR count). The van der Waals surface area contributed by atoms with Crippen molar-refractivity contribution in [3.8, 4) is 0 Å². The largest absolute Gasteiger partial charge is 0.366 e. The van der Waals surface area contributed by atoms with Crippen LogP contribution in [-0.4, -0.2) is 11.8 Å². The van der Waals surface area contributed by atoms with Gasteiger partial charge in [0.25, 0.3) is 5.91 Å². The number of hydrogen-bond acceptors (Lipinski definition) is 2. The third kappa shape index (κ3) is 3.55. The molecule has 100 valence electrons. The Morgan fingerprint density at radius 1 is 0.950 bits per heavy atom. The van der Waals surface area contributed by atoms with E-state index in [9.17, 15) is 9.59 Å². The van der Waals surface area contributed by atoms with Gasteiger partial charge in [-0.05, 0) is 23.8 Å². The molecule has 20 heavy (non-hydrogen) atoms. The lowest BCUT2D eigenvalue weighted by atomic mass is 10.1. The summed E-state index contributed by atoms with van der Waals surface area (Å²) in [5.41, 5.74) is 6.86. The van der Waals surface area contributed by atoms with Crippen LogP contribution in [0.3, 0.4) is 0 Å². The maximum Gasteiger partial charge on any atom is 0.250 e. The fourth-order valence-corrected chi connectivity index (χ4v) is 1.72. The predicted octanol–water partition coefficient (Wildman–Crippen LogP) is 2.44. The normalized spacial score (nSPS) is 10.4. The van der Waals surface area contributed by atoms with E-state index in [-0.39, 0.29) is 11.5 Å². The Bertz CT molecular complexity index is 649. The standard InChI is InChI=1S/C16H14N2O2/c17-16(20)13-8-4-5-9-14(13)18-15(19)11-10-12-6-2-1-3-7-12/h1-11H,(H2,17,20)(H,18,19). The molecule has 3 N–H and O–H groups in total. The Kier molecular flexibility index (Phi) is 4.29. The summed E-state index contributed by atoms with van der Waals surface area (Å²) in [5.74, 6) is -0.893. The molecule has 0 heterocycles. The Morgan fingerprint density at radius 3 is 2.30 bits per heavy atom. The van der Waals surface area contributed by atoms with E-state index in [0.717, 1.165) is 5.56 Å². The molecule has 0 fully saturated rings. The molecule has 2 aromatic rings. The molecule has 0 saturated heterocycles. The highest BCUT2D eigenvalue weighted by atomic mass is 16.2. The van der Waals surface area contributed by atoms with Gasteiger partial charge in [0.1, 0.15) is 0 Å². The maximum atomic E-state index is 11.8. The van der Waals surface area contributed by atoms with Crippen molar-refractivity contribution in [3.63, 3.8) is 0 Å². The van der Waals surface area contributed by atoms with E-state index < -0.39 is 5.91 Å². The Hall–Kier alpha value is -2.88. The second kappa shape index (κ2) is 6.33. The van der Waals surface area contributed by atoms with Crippen molar-refractivity contribution in [3.05, 3.63) is 71.8 Å². The summed E-state index contributed by atoms with van der Waals surface area (Å²) in [5, 5.41) is 2.64. The molecule has 0 bridgehead atoms. The lowest BCUT2D eigenvalue weighted by molar-refractivity contribution is -0.111. The number of rotatable bonds is 4. The average Bonchev–Trinajstić information content (AvgIpc) is 2.46. The quantitative estimate of drug-likeness (QED) is 0.834. The average molecular weight is 266 g/mol. The van der Waals surface area contributed by atoms with Gasteiger partial charge >= 0.3 is 0 Å². The molecule has 4 nitrogen and oxygen atoms in total. The number of benzene rings is 2. The van der Waals surface area contributed by atoms with Gasteiger partial charge in [0.2, 0.25) is 5.91 Å². The van der Waals surface area contributed by atoms with Crippen molar-refractivity contribution in [1.29, 1.82) is 0 Å². The highest BCUT2D eigenvalue weighted by molar-refractivity contribution is 6.07. The van der Waals surface area contributed by atoms with E-state index in [0.29, 0.717) is 5.69 Å². The van der Waals surface area contributed by atoms with Gasteiger partial charge in [0.05, 0.1) is 11.3 Å². The number of primary amides is 1. The topological polar surface area (TPSA) is 72.2 Å². The zero-order chi connectivity index (χ0) is 14.4. The minimum absolute atomic E-state index is 0.286. The third-order valence-electron chi connectivity index (χ3n) is 2.68. The van der Waals surface area contributed by atoms with Crippen LogP contribution < -0.4 is 11.1 Å². The van der Waals surface area contributed by atoms with Crippen molar-refractivity contribution in [1.82, 2.24) is 0 Å². The summed E-state index contributed by atoms with van der Waals surface area (Å²) in [4.78, 5) is 23.0. The van der Waals surface area contributed by atoms with Crippen LogP contribution in [0.15, 0.2) is 60.7 Å². The van der Waals surface area contributed by atoms with Gasteiger partial charge in [-0.1, -0.05) is 42.5 Å². The monoisotopic (exact) mass is 266 g/mol. The van der Waals surface area contributed by atoms with Crippen molar-refractivity contribution in [2.75, 3.05) is 5.32 Å². The van der Waals surface area contributed by atoms with E-state index >= 15 is 0 Å². The predicted molar refractivity (Wildman–Crippen MR) is 79.1 cm³/mol. The molecule has 0 unspecified atom stereocenters. The lowest BCUT2D eigenvalue weighted by Gasteiger charge is -2.06. The van der Waals surface area contributed by atoms with E-state index in [1.165, 1.54) is 6.08 Å². The SMILES string of the molecule is NC(=O)c1ccccc1NC(=O)C=Cc1ccccc1. The zero-order valence-corrected chi connectivity index (χ0v) is 10.7. The molecule has 0 saturated carbocycles. The Morgan fingerprint density at radius 2 is 1.60 bits per heavy atom. The van der Waals surface area contributed by atoms with Gasteiger partial charge in [-0.3, -0.25) is 9.59 Å². The van der Waals surface area contributed by atoms with E-state index in [1.54, 1.807) is 30.3 Å². The maximum absolute atomic E-state index is 11.8. The highest BCUT2D eigenvalue weighted by Gasteiger charge is 2.08. The fourth-order valence-electron chi connectivity index (χ4n) is 1.72. The first kappa shape index (κ1) is 13.5. The second-order valence-electron chi connectivity index (χ2n) is 4.14. The van der Waals surface area contributed by atoms with Gasteiger partial charge in [0.15, 0.2) is 0 Å². The van der Waals surface area contributed by atoms with Crippen LogP contribution in [-0.2, 0) is 4.79 Å². The molecule has 0 aliphatic rings. The lowest BCUT2D eigenvalue weighted by Crippen LogP contribution is -2.16.